The standard InChI is InChI=1S/C17H28BrNS/c1-19(15-16-10-9-11-17(18)14-16)12-7-5-3-2-4-6-8-13-20/h9-11,14,20H,2-8,12-13,15H2,1H3. The van der Waals surface area contributed by atoms with Crippen LogP contribution in [0, 0.1) is 0 Å². The molecule has 0 fully saturated rings. The van der Waals surface area contributed by atoms with Crippen molar-refractivity contribution in [2.24, 2.45) is 0 Å². The summed E-state index contributed by atoms with van der Waals surface area (Å²) in [6.45, 7) is 2.24. The molecular formula is C17H28BrNS. The molecule has 0 heterocycles. The van der Waals surface area contributed by atoms with Crippen LogP contribution < -0.4 is 0 Å². The Kier molecular flexibility index (Phi) is 10.5. The van der Waals surface area contributed by atoms with Crippen molar-refractivity contribution in [3.8, 4) is 0 Å². The Balaban J connectivity index is 2.01. The summed E-state index contributed by atoms with van der Waals surface area (Å²) in [5.41, 5.74) is 1.38. The lowest BCUT2D eigenvalue weighted by Gasteiger charge is -2.16. The minimum absolute atomic E-state index is 1.04. The molecule has 1 nitrogen and oxygen atoms in total. The Hall–Kier alpha value is 0.01000. The van der Waals surface area contributed by atoms with E-state index in [2.05, 4.69) is 64.8 Å². The van der Waals surface area contributed by atoms with Crippen molar-refractivity contribution in [1.82, 2.24) is 4.90 Å². The summed E-state index contributed by atoms with van der Waals surface area (Å²) in [6, 6.07) is 8.59. The van der Waals surface area contributed by atoms with Gasteiger partial charge >= 0.3 is 0 Å². The number of unbranched alkanes of at least 4 members (excludes halogenated alkanes) is 6. The van der Waals surface area contributed by atoms with Gasteiger partial charge in [0.25, 0.3) is 0 Å². The van der Waals surface area contributed by atoms with Crippen molar-refractivity contribution in [3.05, 3.63) is 34.3 Å². The van der Waals surface area contributed by atoms with Crippen LogP contribution in [0.25, 0.3) is 0 Å². The second kappa shape index (κ2) is 11.6. The molecule has 0 saturated heterocycles. The summed E-state index contributed by atoms with van der Waals surface area (Å²) >= 11 is 7.77. The fourth-order valence-corrected chi connectivity index (χ4v) is 3.07. The average molecular weight is 358 g/mol. The average Bonchev–Trinajstić information content (AvgIpc) is 2.42. The molecule has 0 N–H and O–H groups in total. The number of hydrogen-bond donors (Lipinski definition) is 1. The van der Waals surface area contributed by atoms with Crippen molar-refractivity contribution < 1.29 is 0 Å². The largest absolute Gasteiger partial charge is 0.302 e. The van der Waals surface area contributed by atoms with Crippen molar-refractivity contribution in [2.45, 2.75) is 51.5 Å². The molecule has 0 saturated carbocycles. The maximum absolute atomic E-state index is 4.24. The van der Waals surface area contributed by atoms with Gasteiger partial charge in [-0.05, 0) is 49.9 Å². The van der Waals surface area contributed by atoms with E-state index in [-0.39, 0.29) is 0 Å². The molecule has 0 unspecified atom stereocenters. The van der Waals surface area contributed by atoms with Crippen LogP contribution in [-0.4, -0.2) is 24.2 Å². The zero-order valence-electron chi connectivity index (χ0n) is 12.7. The summed E-state index contributed by atoms with van der Waals surface area (Å²) in [6.07, 6.45) is 9.47. The van der Waals surface area contributed by atoms with Crippen LogP contribution in [0.4, 0.5) is 0 Å². The van der Waals surface area contributed by atoms with Crippen molar-refractivity contribution in [1.29, 1.82) is 0 Å². The highest BCUT2D eigenvalue weighted by atomic mass is 79.9. The molecule has 0 aliphatic rings. The third-order valence-corrected chi connectivity index (χ3v) is 4.35. The first-order valence-corrected chi connectivity index (χ1v) is 9.19. The summed E-state index contributed by atoms with van der Waals surface area (Å²) in [4.78, 5) is 2.42. The van der Waals surface area contributed by atoms with E-state index in [4.69, 9.17) is 0 Å². The molecule has 3 heteroatoms. The fourth-order valence-electron chi connectivity index (χ4n) is 2.40. The van der Waals surface area contributed by atoms with Gasteiger partial charge in [0.2, 0.25) is 0 Å². The third-order valence-electron chi connectivity index (χ3n) is 3.54. The topological polar surface area (TPSA) is 3.24 Å². The van der Waals surface area contributed by atoms with Crippen LogP contribution in [0.5, 0.6) is 0 Å². The molecule has 1 rings (SSSR count). The summed E-state index contributed by atoms with van der Waals surface area (Å²) in [5, 5.41) is 0. The minimum atomic E-state index is 1.04. The molecular weight excluding hydrogens is 330 g/mol. The number of hydrogen-bond acceptors (Lipinski definition) is 2. The van der Waals surface area contributed by atoms with E-state index in [1.165, 1.54) is 61.5 Å². The Labute approximate surface area is 138 Å². The molecule has 0 aliphatic heterocycles. The molecule has 0 aliphatic carbocycles. The van der Waals surface area contributed by atoms with E-state index in [1.54, 1.807) is 0 Å². The van der Waals surface area contributed by atoms with Crippen molar-refractivity contribution in [3.63, 3.8) is 0 Å². The molecule has 0 bridgehead atoms. The van der Waals surface area contributed by atoms with Gasteiger partial charge in [-0.3, -0.25) is 0 Å². The highest BCUT2D eigenvalue weighted by molar-refractivity contribution is 9.10. The monoisotopic (exact) mass is 357 g/mol. The Morgan fingerprint density at radius 3 is 2.30 bits per heavy atom. The van der Waals surface area contributed by atoms with E-state index < -0.39 is 0 Å². The Morgan fingerprint density at radius 2 is 1.65 bits per heavy atom. The number of benzene rings is 1. The number of thiol groups is 1. The van der Waals surface area contributed by atoms with Crippen LogP contribution >= 0.6 is 28.6 Å². The third kappa shape index (κ3) is 9.04. The van der Waals surface area contributed by atoms with Gasteiger partial charge in [-0.25, -0.2) is 0 Å². The summed E-state index contributed by atoms with van der Waals surface area (Å²) in [7, 11) is 2.22. The first-order chi connectivity index (χ1) is 9.72. The number of nitrogens with zero attached hydrogens (tertiary/aromatic N) is 1. The summed E-state index contributed by atoms with van der Waals surface area (Å²) in [5.74, 6) is 1.04. The molecule has 114 valence electrons. The quantitative estimate of drug-likeness (QED) is 0.401. The van der Waals surface area contributed by atoms with Gasteiger partial charge in [-0.2, -0.15) is 12.6 Å². The Bertz CT molecular complexity index is 357. The van der Waals surface area contributed by atoms with Crippen molar-refractivity contribution in [2.75, 3.05) is 19.3 Å². The van der Waals surface area contributed by atoms with Crippen LogP contribution in [0.3, 0.4) is 0 Å². The molecule has 0 spiro atoms. The SMILES string of the molecule is CN(CCCCCCCCCS)Cc1cccc(Br)c1. The zero-order chi connectivity index (χ0) is 14.6. The fraction of sp³-hybridized carbons (Fsp3) is 0.647. The molecule has 0 amide bonds. The minimum Gasteiger partial charge on any atom is -0.302 e. The maximum atomic E-state index is 4.24. The highest BCUT2D eigenvalue weighted by Crippen LogP contribution is 2.13. The van der Waals surface area contributed by atoms with Gasteiger partial charge in [0.05, 0.1) is 0 Å². The molecule has 0 radical (unpaired) electrons. The first-order valence-electron chi connectivity index (χ1n) is 7.76. The van der Waals surface area contributed by atoms with E-state index in [0.29, 0.717) is 0 Å². The first kappa shape index (κ1) is 18.1. The predicted octanol–water partition coefficient (Wildman–Crippen LogP) is 5.54. The van der Waals surface area contributed by atoms with Gasteiger partial charge in [-0.1, -0.05) is 60.2 Å². The van der Waals surface area contributed by atoms with Crippen LogP contribution in [0.1, 0.15) is 50.5 Å². The van der Waals surface area contributed by atoms with Gasteiger partial charge in [-0.15, -0.1) is 0 Å². The van der Waals surface area contributed by atoms with Crippen LogP contribution in [-0.2, 0) is 6.54 Å². The second-order valence-electron chi connectivity index (χ2n) is 5.57. The molecule has 1 aromatic carbocycles. The maximum Gasteiger partial charge on any atom is 0.0231 e. The predicted molar refractivity (Wildman–Crippen MR) is 96.6 cm³/mol. The van der Waals surface area contributed by atoms with E-state index in [0.717, 1.165) is 12.3 Å². The molecule has 0 aromatic heterocycles. The van der Waals surface area contributed by atoms with Crippen LogP contribution in [0.15, 0.2) is 28.7 Å². The van der Waals surface area contributed by atoms with Crippen molar-refractivity contribution >= 4 is 28.6 Å². The molecule has 0 atom stereocenters. The smallest absolute Gasteiger partial charge is 0.0231 e. The number of halogens is 1. The summed E-state index contributed by atoms with van der Waals surface area (Å²) < 4.78 is 1.17. The van der Waals surface area contributed by atoms with Gasteiger partial charge < -0.3 is 4.90 Å². The normalized spacial score (nSPS) is 11.2. The van der Waals surface area contributed by atoms with E-state index in [1.807, 2.05) is 0 Å². The molecule has 1 aromatic rings. The lowest BCUT2D eigenvalue weighted by Crippen LogP contribution is -2.19. The lowest BCUT2D eigenvalue weighted by atomic mass is 10.1. The van der Waals surface area contributed by atoms with Gasteiger partial charge in [0.1, 0.15) is 0 Å². The zero-order valence-corrected chi connectivity index (χ0v) is 15.1. The van der Waals surface area contributed by atoms with Gasteiger partial charge in [0.15, 0.2) is 0 Å². The van der Waals surface area contributed by atoms with Gasteiger partial charge in [0, 0.05) is 11.0 Å². The molecule has 20 heavy (non-hydrogen) atoms. The van der Waals surface area contributed by atoms with E-state index >= 15 is 0 Å². The van der Waals surface area contributed by atoms with E-state index in [9.17, 15) is 0 Å². The Morgan fingerprint density at radius 1 is 1.00 bits per heavy atom. The van der Waals surface area contributed by atoms with Crippen LogP contribution in [0.2, 0.25) is 0 Å². The number of rotatable bonds is 11. The second-order valence-corrected chi connectivity index (χ2v) is 6.93. The highest BCUT2D eigenvalue weighted by Gasteiger charge is 2.01. The lowest BCUT2D eigenvalue weighted by molar-refractivity contribution is 0.316.